The Morgan fingerprint density at radius 1 is 1.33 bits per heavy atom. The SMILES string of the molecule is CCC(C)CCCN1CCC(NC(=O)OC(C)(C)C)CC1. The maximum absolute atomic E-state index is 11.7. The van der Waals surface area contributed by atoms with E-state index >= 15 is 0 Å². The van der Waals surface area contributed by atoms with Gasteiger partial charge < -0.3 is 15.0 Å². The Morgan fingerprint density at radius 3 is 2.48 bits per heavy atom. The van der Waals surface area contributed by atoms with Gasteiger partial charge in [-0.3, -0.25) is 0 Å². The summed E-state index contributed by atoms with van der Waals surface area (Å²) < 4.78 is 5.31. The van der Waals surface area contributed by atoms with Crippen molar-refractivity contribution in [3.8, 4) is 0 Å². The molecule has 1 amide bonds. The predicted molar refractivity (Wildman–Crippen MR) is 87.5 cm³/mol. The largest absolute Gasteiger partial charge is 0.444 e. The second kappa shape index (κ2) is 8.62. The third-order valence-corrected chi connectivity index (χ3v) is 4.18. The summed E-state index contributed by atoms with van der Waals surface area (Å²) in [7, 11) is 0. The van der Waals surface area contributed by atoms with Crippen LogP contribution in [0.15, 0.2) is 0 Å². The minimum absolute atomic E-state index is 0.269. The number of likely N-dealkylation sites (tertiary alicyclic amines) is 1. The van der Waals surface area contributed by atoms with E-state index < -0.39 is 5.60 Å². The van der Waals surface area contributed by atoms with Crippen LogP contribution in [-0.2, 0) is 4.74 Å². The molecule has 1 fully saturated rings. The Kier molecular flexibility index (Phi) is 7.50. The van der Waals surface area contributed by atoms with Crippen molar-refractivity contribution in [2.24, 2.45) is 5.92 Å². The van der Waals surface area contributed by atoms with Crippen molar-refractivity contribution < 1.29 is 9.53 Å². The van der Waals surface area contributed by atoms with Gasteiger partial charge >= 0.3 is 6.09 Å². The molecule has 0 aromatic heterocycles. The second-order valence-corrected chi connectivity index (χ2v) is 7.42. The van der Waals surface area contributed by atoms with Crippen molar-refractivity contribution in [2.75, 3.05) is 19.6 Å². The van der Waals surface area contributed by atoms with Gasteiger partial charge in [-0.25, -0.2) is 4.79 Å². The summed E-state index contributed by atoms with van der Waals surface area (Å²) in [6.07, 6.45) is 5.68. The number of carbonyl (C=O) groups is 1. The zero-order valence-electron chi connectivity index (χ0n) is 14.6. The Hall–Kier alpha value is -0.770. The summed E-state index contributed by atoms with van der Waals surface area (Å²) >= 11 is 0. The van der Waals surface area contributed by atoms with Gasteiger partial charge in [0.1, 0.15) is 5.60 Å². The molecule has 0 aliphatic carbocycles. The van der Waals surface area contributed by atoms with Crippen molar-refractivity contribution in [1.29, 1.82) is 0 Å². The molecule has 0 aromatic carbocycles. The van der Waals surface area contributed by atoms with E-state index in [1.54, 1.807) is 0 Å². The van der Waals surface area contributed by atoms with Gasteiger partial charge in [-0.15, -0.1) is 0 Å². The van der Waals surface area contributed by atoms with Crippen LogP contribution in [0, 0.1) is 5.92 Å². The topological polar surface area (TPSA) is 41.6 Å². The molecule has 1 rings (SSSR count). The molecule has 0 spiro atoms. The Morgan fingerprint density at radius 2 is 1.95 bits per heavy atom. The van der Waals surface area contributed by atoms with E-state index in [4.69, 9.17) is 4.74 Å². The molecule has 1 heterocycles. The normalized spacial score (nSPS) is 19.3. The molecule has 1 aliphatic heterocycles. The highest BCUT2D eigenvalue weighted by atomic mass is 16.6. The van der Waals surface area contributed by atoms with Gasteiger partial charge in [-0.2, -0.15) is 0 Å². The Balaban J connectivity index is 2.16. The standard InChI is InChI=1S/C17H34N2O2/c1-6-14(2)8-7-11-19-12-9-15(10-13-19)18-16(20)21-17(3,4)5/h14-15H,6-13H2,1-5H3,(H,18,20). The van der Waals surface area contributed by atoms with Crippen LogP contribution in [0.4, 0.5) is 4.79 Å². The van der Waals surface area contributed by atoms with E-state index in [-0.39, 0.29) is 12.1 Å². The van der Waals surface area contributed by atoms with Gasteiger partial charge in [0.15, 0.2) is 0 Å². The van der Waals surface area contributed by atoms with Crippen LogP contribution in [0.5, 0.6) is 0 Å². The number of alkyl carbamates (subject to hydrolysis) is 1. The van der Waals surface area contributed by atoms with Crippen LogP contribution in [0.1, 0.15) is 66.7 Å². The first-order valence-corrected chi connectivity index (χ1v) is 8.52. The number of carbonyl (C=O) groups excluding carboxylic acids is 1. The van der Waals surface area contributed by atoms with Crippen LogP contribution >= 0.6 is 0 Å². The van der Waals surface area contributed by atoms with Crippen molar-refractivity contribution >= 4 is 6.09 Å². The van der Waals surface area contributed by atoms with E-state index in [2.05, 4.69) is 24.1 Å². The summed E-state index contributed by atoms with van der Waals surface area (Å²) in [6.45, 7) is 13.6. The molecule has 4 heteroatoms. The fourth-order valence-corrected chi connectivity index (χ4v) is 2.64. The third kappa shape index (κ3) is 8.30. The van der Waals surface area contributed by atoms with Gasteiger partial charge in [0, 0.05) is 19.1 Å². The van der Waals surface area contributed by atoms with Crippen molar-refractivity contribution in [3.05, 3.63) is 0 Å². The lowest BCUT2D eigenvalue weighted by molar-refractivity contribution is 0.0478. The summed E-state index contributed by atoms with van der Waals surface area (Å²) in [6, 6.07) is 0.269. The minimum atomic E-state index is -0.416. The fourth-order valence-electron chi connectivity index (χ4n) is 2.64. The molecule has 1 aliphatic rings. The average molecular weight is 298 g/mol. The summed E-state index contributed by atoms with van der Waals surface area (Å²) in [5.41, 5.74) is -0.416. The lowest BCUT2D eigenvalue weighted by Gasteiger charge is -2.33. The van der Waals surface area contributed by atoms with Gasteiger partial charge in [0.25, 0.3) is 0 Å². The maximum Gasteiger partial charge on any atom is 0.407 e. The van der Waals surface area contributed by atoms with Crippen LogP contribution in [0.2, 0.25) is 0 Å². The molecule has 124 valence electrons. The quantitative estimate of drug-likeness (QED) is 0.811. The number of hydrogen-bond acceptors (Lipinski definition) is 3. The van der Waals surface area contributed by atoms with Gasteiger partial charge in [0.05, 0.1) is 0 Å². The molecule has 21 heavy (non-hydrogen) atoms. The Labute approximate surface area is 130 Å². The maximum atomic E-state index is 11.7. The molecule has 4 nitrogen and oxygen atoms in total. The average Bonchev–Trinajstić information content (AvgIpc) is 2.38. The summed E-state index contributed by atoms with van der Waals surface area (Å²) in [5, 5.41) is 2.99. The lowest BCUT2D eigenvalue weighted by atomic mass is 10.0. The van der Waals surface area contributed by atoms with E-state index in [1.165, 1.54) is 25.8 Å². The number of rotatable bonds is 6. The first-order valence-electron chi connectivity index (χ1n) is 8.52. The van der Waals surface area contributed by atoms with Crippen LogP contribution in [0.3, 0.4) is 0 Å². The molecule has 0 saturated carbocycles. The first-order chi connectivity index (χ1) is 9.80. The number of nitrogens with one attached hydrogen (secondary N) is 1. The highest BCUT2D eigenvalue weighted by molar-refractivity contribution is 5.68. The number of hydrogen-bond donors (Lipinski definition) is 1. The molecule has 1 unspecified atom stereocenters. The molecule has 1 N–H and O–H groups in total. The van der Waals surface area contributed by atoms with Gasteiger partial charge in [-0.1, -0.05) is 20.3 Å². The fraction of sp³-hybridized carbons (Fsp3) is 0.941. The highest BCUT2D eigenvalue weighted by Gasteiger charge is 2.23. The smallest absolute Gasteiger partial charge is 0.407 e. The molecule has 1 atom stereocenters. The zero-order chi connectivity index (χ0) is 15.9. The first kappa shape index (κ1) is 18.3. The van der Waals surface area contributed by atoms with Gasteiger partial charge in [-0.05, 0) is 58.9 Å². The molecule has 0 radical (unpaired) electrons. The third-order valence-electron chi connectivity index (χ3n) is 4.18. The van der Waals surface area contributed by atoms with Crippen molar-refractivity contribution in [1.82, 2.24) is 10.2 Å². The predicted octanol–water partition coefficient (Wildman–Crippen LogP) is 3.80. The zero-order valence-corrected chi connectivity index (χ0v) is 14.6. The van der Waals surface area contributed by atoms with Crippen LogP contribution in [0.25, 0.3) is 0 Å². The lowest BCUT2D eigenvalue weighted by Crippen LogP contribution is -2.46. The van der Waals surface area contributed by atoms with Crippen molar-refractivity contribution in [2.45, 2.75) is 78.4 Å². The van der Waals surface area contributed by atoms with Crippen LogP contribution < -0.4 is 5.32 Å². The van der Waals surface area contributed by atoms with E-state index in [9.17, 15) is 4.79 Å². The minimum Gasteiger partial charge on any atom is -0.444 e. The molecule has 0 aromatic rings. The number of ether oxygens (including phenoxy) is 1. The Bertz CT molecular complexity index is 304. The monoisotopic (exact) mass is 298 g/mol. The van der Waals surface area contributed by atoms with E-state index in [0.29, 0.717) is 0 Å². The molecular formula is C17H34N2O2. The second-order valence-electron chi connectivity index (χ2n) is 7.42. The van der Waals surface area contributed by atoms with E-state index in [1.807, 2.05) is 20.8 Å². The van der Waals surface area contributed by atoms with Crippen molar-refractivity contribution in [3.63, 3.8) is 0 Å². The number of amides is 1. The van der Waals surface area contributed by atoms with Crippen LogP contribution in [-0.4, -0.2) is 42.3 Å². The summed E-state index contributed by atoms with van der Waals surface area (Å²) in [4.78, 5) is 14.3. The highest BCUT2D eigenvalue weighted by Crippen LogP contribution is 2.15. The summed E-state index contributed by atoms with van der Waals surface area (Å²) in [5.74, 6) is 0.844. The van der Waals surface area contributed by atoms with E-state index in [0.717, 1.165) is 31.8 Å². The molecular weight excluding hydrogens is 264 g/mol. The molecule has 1 saturated heterocycles. The molecule has 0 bridgehead atoms. The number of nitrogens with zero attached hydrogens (tertiary/aromatic N) is 1. The van der Waals surface area contributed by atoms with Gasteiger partial charge in [0.2, 0.25) is 0 Å². The number of piperidine rings is 1.